The summed E-state index contributed by atoms with van der Waals surface area (Å²) in [5, 5.41) is 31.4. The van der Waals surface area contributed by atoms with Crippen LogP contribution < -0.4 is 21.3 Å². The number of aliphatic hydroxyl groups is 1. The highest BCUT2D eigenvalue weighted by Crippen LogP contribution is 2.25. The topological polar surface area (TPSA) is 224 Å². The number of cyclic esters (lactones) is 1. The minimum Gasteiger partial charge on any atom is -0.508 e. The Labute approximate surface area is 319 Å². The highest BCUT2D eigenvalue weighted by molar-refractivity contribution is 6.02. The lowest BCUT2D eigenvalue weighted by molar-refractivity contribution is -0.165. The van der Waals surface area contributed by atoms with Crippen LogP contribution in [0.25, 0.3) is 0 Å². The first-order valence-electron chi connectivity index (χ1n) is 18.2. The molecule has 4 rings (SSSR count). The number of aromatic hydroxyl groups is 1. The summed E-state index contributed by atoms with van der Waals surface area (Å²) in [6.45, 7) is 7.29. The number of phenolic OH excluding ortho intramolecular Hbond substituents is 1. The van der Waals surface area contributed by atoms with E-state index >= 15 is 0 Å². The smallest absolute Gasteiger partial charge is 0.329 e. The summed E-state index contributed by atoms with van der Waals surface area (Å²) in [5.41, 5.74) is 0.916. The Morgan fingerprint density at radius 1 is 0.909 bits per heavy atom. The molecule has 296 valence electrons. The van der Waals surface area contributed by atoms with Crippen molar-refractivity contribution in [2.75, 3.05) is 7.05 Å². The third-order valence-electron chi connectivity index (χ3n) is 9.69. The van der Waals surface area contributed by atoms with Crippen LogP contribution in [-0.2, 0) is 51.1 Å². The van der Waals surface area contributed by atoms with Crippen molar-refractivity contribution in [3.05, 3.63) is 77.5 Å². The van der Waals surface area contributed by atoms with Crippen LogP contribution in [0.4, 0.5) is 0 Å². The highest BCUT2D eigenvalue weighted by Gasteiger charge is 2.45. The molecule has 2 aliphatic rings. The van der Waals surface area contributed by atoms with E-state index in [0.29, 0.717) is 11.1 Å². The van der Waals surface area contributed by atoms with Crippen molar-refractivity contribution in [1.29, 1.82) is 0 Å². The van der Waals surface area contributed by atoms with Crippen LogP contribution in [0, 0.1) is 5.92 Å². The minimum absolute atomic E-state index is 0.000750. The predicted molar refractivity (Wildman–Crippen MR) is 198 cm³/mol. The van der Waals surface area contributed by atoms with Crippen LogP contribution in [0.2, 0.25) is 0 Å². The highest BCUT2D eigenvalue weighted by atomic mass is 16.5. The fraction of sp³-hybridized carbons (Fsp3) is 0.462. The normalized spacial score (nSPS) is 27.0. The van der Waals surface area contributed by atoms with Crippen molar-refractivity contribution in [2.45, 2.75) is 103 Å². The van der Waals surface area contributed by atoms with E-state index in [1.807, 2.05) is 0 Å². The third-order valence-corrected chi connectivity index (χ3v) is 9.69. The number of carbonyl (C=O) groups excluding carboxylic acids is 7. The predicted octanol–water partition coefficient (Wildman–Crippen LogP) is 0.409. The molecule has 2 heterocycles. The summed E-state index contributed by atoms with van der Waals surface area (Å²) < 4.78 is 5.66. The molecule has 0 unspecified atom stereocenters. The zero-order chi connectivity index (χ0) is 40.6. The molecule has 2 bridgehead atoms. The van der Waals surface area contributed by atoms with Crippen molar-refractivity contribution < 1.29 is 48.5 Å². The number of rotatable bonds is 6. The lowest BCUT2D eigenvalue weighted by Gasteiger charge is -2.43. The molecule has 2 saturated heterocycles. The SMILES string of the molecule is C/C=C1\NC(=O)[C@@H](NC(C)=O)[C@@H](C)OC(=O)[C@H](C(C)C)NC(=O)[C@H](Cc2ccc(O)cc2)N(C)C(=O)[C@H](Cc2ccccc2)N2C(=O)[C@H](CC[C@H]2O)NC1=O. The first-order valence-corrected chi connectivity index (χ1v) is 18.2. The average Bonchev–Trinajstić information content (AvgIpc) is 3.14. The van der Waals surface area contributed by atoms with Gasteiger partial charge in [-0.3, -0.25) is 28.8 Å². The molecule has 6 N–H and O–H groups in total. The number of hydrogen-bond donors (Lipinski definition) is 6. The summed E-state index contributed by atoms with van der Waals surface area (Å²) >= 11 is 0. The van der Waals surface area contributed by atoms with Gasteiger partial charge in [0.2, 0.25) is 23.6 Å². The van der Waals surface area contributed by atoms with Crippen LogP contribution in [0.15, 0.2) is 66.4 Å². The largest absolute Gasteiger partial charge is 0.508 e. The third kappa shape index (κ3) is 10.5. The van der Waals surface area contributed by atoms with E-state index in [9.17, 15) is 43.8 Å². The molecule has 0 spiro atoms. The number of likely N-dealkylation sites (N-methyl/N-ethyl adjacent to an activating group) is 1. The molecule has 2 fully saturated rings. The molecule has 6 amide bonds. The first-order chi connectivity index (χ1) is 26.0. The number of fused-ring (bicyclic) bond motifs is 2. The minimum atomic E-state index is -1.48. The number of nitrogens with zero attached hydrogens (tertiary/aromatic N) is 2. The molecule has 0 aromatic heterocycles. The molecule has 0 saturated carbocycles. The second kappa shape index (κ2) is 18.5. The maximum Gasteiger partial charge on any atom is 0.329 e. The Balaban J connectivity index is 1.86. The summed E-state index contributed by atoms with van der Waals surface area (Å²) in [5.74, 6) is -6.16. The van der Waals surface area contributed by atoms with Crippen LogP contribution >= 0.6 is 0 Å². The average molecular weight is 763 g/mol. The van der Waals surface area contributed by atoms with E-state index in [1.54, 1.807) is 56.3 Å². The number of esters is 1. The van der Waals surface area contributed by atoms with Gasteiger partial charge in [-0.2, -0.15) is 0 Å². The van der Waals surface area contributed by atoms with Gasteiger partial charge in [-0.1, -0.05) is 62.4 Å². The maximum atomic E-state index is 14.8. The molecule has 2 aromatic rings. The number of hydrogen-bond acceptors (Lipinski definition) is 10. The Hall–Kier alpha value is -5.77. The molecular formula is C39H50N6O10. The number of amides is 6. The van der Waals surface area contributed by atoms with E-state index in [2.05, 4.69) is 21.3 Å². The van der Waals surface area contributed by atoms with E-state index in [-0.39, 0.29) is 37.1 Å². The lowest BCUT2D eigenvalue weighted by atomic mass is 9.95. The molecule has 55 heavy (non-hydrogen) atoms. The van der Waals surface area contributed by atoms with Gasteiger partial charge in [0.1, 0.15) is 54.0 Å². The van der Waals surface area contributed by atoms with Gasteiger partial charge in [0.15, 0.2) is 0 Å². The van der Waals surface area contributed by atoms with Crippen LogP contribution in [-0.4, -0.2) is 111 Å². The van der Waals surface area contributed by atoms with Gasteiger partial charge >= 0.3 is 5.97 Å². The molecule has 2 aliphatic heterocycles. The van der Waals surface area contributed by atoms with E-state index in [1.165, 1.54) is 39.1 Å². The number of benzene rings is 2. The van der Waals surface area contributed by atoms with Crippen molar-refractivity contribution >= 4 is 41.4 Å². The standard InChI is InChI=1S/C39H50N6O10/c1-7-27-34(49)42-28-17-18-31(48)45(37(28)52)30(20-24-11-9-8-10-12-24)38(53)44(6)29(19-25-13-15-26(47)16-14-25)35(50)43-32(21(2)3)39(54)55-22(4)33(36(51)41-27)40-23(5)46/h7-16,21-22,28-33,47-48H,17-20H2,1-6H3,(H,40,46)(H,41,51)(H,42,49)(H,43,50)/b27-7-/t22-,28+,29+,30+,31-,32+,33+/m1/s1. The summed E-state index contributed by atoms with van der Waals surface area (Å²) in [6.07, 6.45) is -1.64. The number of aliphatic hydroxyl groups excluding tert-OH is 1. The van der Waals surface area contributed by atoms with Gasteiger partial charge in [-0.05, 0) is 55.9 Å². The van der Waals surface area contributed by atoms with Crippen molar-refractivity contribution in [3.63, 3.8) is 0 Å². The Bertz CT molecular complexity index is 1780. The van der Waals surface area contributed by atoms with E-state index in [4.69, 9.17) is 4.74 Å². The van der Waals surface area contributed by atoms with Crippen molar-refractivity contribution in [2.24, 2.45) is 5.92 Å². The van der Waals surface area contributed by atoms with Gasteiger partial charge in [-0.25, -0.2) is 4.79 Å². The van der Waals surface area contributed by atoms with Crippen molar-refractivity contribution in [1.82, 2.24) is 31.1 Å². The number of nitrogens with one attached hydrogen (secondary N) is 4. The van der Waals surface area contributed by atoms with E-state index in [0.717, 1.165) is 16.7 Å². The molecule has 0 radical (unpaired) electrons. The van der Waals surface area contributed by atoms with Crippen molar-refractivity contribution in [3.8, 4) is 5.75 Å². The van der Waals surface area contributed by atoms with Gasteiger partial charge in [0.05, 0.1) is 0 Å². The maximum absolute atomic E-state index is 14.8. The number of phenols is 1. The summed E-state index contributed by atoms with van der Waals surface area (Å²) in [6, 6.07) is 8.09. The molecule has 0 aliphatic carbocycles. The van der Waals surface area contributed by atoms with Gasteiger partial charge < -0.3 is 46.0 Å². The quantitative estimate of drug-likeness (QED) is 0.176. The second-order valence-corrected chi connectivity index (χ2v) is 14.1. The fourth-order valence-electron chi connectivity index (χ4n) is 6.59. The summed E-state index contributed by atoms with van der Waals surface area (Å²) in [7, 11) is 1.38. The Kier molecular flexibility index (Phi) is 14.1. The molecule has 16 nitrogen and oxygen atoms in total. The van der Waals surface area contributed by atoms with Gasteiger partial charge in [0.25, 0.3) is 11.8 Å². The first kappa shape index (κ1) is 42.0. The van der Waals surface area contributed by atoms with Gasteiger partial charge in [0, 0.05) is 26.8 Å². The number of allylic oxidation sites excluding steroid dienone is 1. The summed E-state index contributed by atoms with van der Waals surface area (Å²) in [4.78, 5) is 98.5. The zero-order valence-corrected chi connectivity index (χ0v) is 31.8. The Morgan fingerprint density at radius 2 is 1.53 bits per heavy atom. The Morgan fingerprint density at radius 3 is 2.13 bits per heavy atom. The number of piperidine rings is 1. The zero-order valence-electron chi connectivity index (χ0n) is 31.8. The second-order valence-electron chi connectivity index (χ2n) is 14.1. The molecule has 7 atom stereocenters. The fourth-order valence-corrected chi connectivity index (χ4v) is 6.59. The van der Waals surface area contributed by atoms with E-state index < -0.39 is 89.9 Å². The monoisotopic (exact) mass is 762 g/mol. The van der Waals surface area contributed by atoms with Crippen LogP contribution in [0.3, 0.4) is 0 Å². The molecule has 16 heteroatoms. The van der Waals surface area contributed by atoms with Crippen LogP contribution in [0.1, 0.15) is 58.6 Å². The number of carbonyl (C=O) groups is 7. The molecule has 2 aromatic carbocycles. The van der Waals surface area contributed by atoms with Gasteiger partial charge in [-0.15, -0.1) is 0 Å². The number of ether oxygens (including phenoxy) is 1. The lowest BCUT2D eigenvalue weighted by Crippen LogP contribution is -2.64. The van der Waals surface area contributed by atoms with Crippen LogP contribution in [0.5, 0.6) is 5.75 Å². The molecular weight excluding hydrogens is 712 g/mol.